The van der Waals surface area contributed by atoms with Gasteiger partial charge in [0.15, 0.2) is 0 Å². The summed E-state index contributed by atoms with van der Waals surface area (Å²) in [6.07, 6.45) is 5.76. The minimum Gasteiger partial charge on any atom is -0.370 e. The van der Waals surface area contributed by atoms with Crippen LogP contribution in [0, 0.1) is 0 Å². The summed E-state index contributed by atoms with van der Waals surface area (Å²) < 4.78 is 0. The molecule has 2 aromatic rings. The third kappa shape index (κ3) is 2.87. The Kier molecular flexibility index (Phi) is 3.65. The van der Waals surface area contributed by atoms with Gasteiger partial charge in [0.05, 0.1) is 0 Å². The molecule has 0 radical (unpaired) electrons. The predicted octanol–water partition coefficient (Wildman–Crippen LogP) is 3.31. The molecule has 0 bridgehead atoms. The average molecular weight is 255 g/mol. The lowest BCUT2D eigenvalue weighted by molar-refractivity contribution is 0.689. The normalized spacial score (nSPS) is 14.8. The summed E-state index contributed by atoms with van der Waals surface area (Å²) in [6, 6.07) is 9.27. The van der Waals surface area contributed by atoms with Crippen molar-refractivity contribution < 1.29 is 0 Å². The number of rotatable bonds is 6. The van der Waals surface area contributed by atoms with Crippen LogP contribution >= 0.6 is 0 Å². The van der Waals surface area contributed by atoms with Crippen molar-refractivity contribution in [1.82, 2.24) is 10.3 Å². The van der Waals surface area contributed by atoms with Crippen molar-refractivity contribution in [2.45, 2.75) is 38.8 Å². The van der Waals surface area contributed by atoms with E-state index in [-0.39, 0.29) is 0 Å². The highest BCUT2D eigenvalue weighted by Gasteiger charge is 2.20. The van der Waals surface area contributed by atoms with Gasteiger partial charge < -0.3 is 10.6 Å². The van der Waals surface area contributed by atoms with E-state index in [0.29, 0.717) is 0 Å². The van der Waals surface area contributed by atoms with Crippen molar-refractivity contribution in [2.24, 2.45) is 0 Å². The largest absolute Gasteiger partial charge is 0.370 e. The van der Waals surface area contributed by atoms with Crippen molar-refractivity contribution in [2.75, 3.05) is 11.9 Å². The number of aromatic nitrogens is 1. The molecule has 3 rings (SSSR count). The fraction of sp³-hybridized carbons (Fsp3) is 0.438. The van der Waals surface area contributed by atoms with Crippen LogP contribution in [0.25, 0.3) is 10.8 Å². The first-order chi connectivity index (χ1) is 9.38. The fourth-order valence-electron chi connectivity index (χ4n) is 2.32. The van der Waals surface area contributed by atoms with E-state index in [4.69, 9.17) is 0 Å². The Labute approximate surface area is 114 Å². The van der Waals surface area contributed by atoms with Crippen LogP contribution in [0.3, 0.4) is 0 Å². The number of hydrogen-bond donors (Lipinski definition) is 2. The van der Waals surface area contributed by atoms with Gasteiger partial charge in [-0.1, -0.05) is 31.2 Å². The van der Waals surface area contributed by atoms with Crippen LogP contribution in [0.2, 0.25) is 0 Å². The van der Waals surface area contributed by atoms with Crippen LogP contribution in [0.15, 0.2) is 30.5 Å². The zero-order chi connectivity index (χ0) is 13.1. The lowest BCUT2D eigenvalue weighted by atomic mass is 10.1. The maximum absolute atomic E-state index is 4.59. The van der Waals surface area contributed by atoms with Gasteiger partial charge in [0.25, 0.3) is 0 Å². The zero-order valence-corrected chi connectivity index (χ0v) is 11.4. The first-order valence-corrected chi connectivity index (χ1v) is 7.22. The van der Waals surface area contributed by atoms with E-state index in [1.54, 1.807) is 0 Å². The van der Waals surface area contributed by atoms with Crippen LogP contribution in [0.4, 0.5) is 5.82 Å². The standard InChI is InChI=1S/C16H21N3/c1-2-9-17-16-15-6-4-3-5-14(15)12(11-19-16)10-18-13-7-8-13/h3-6,11,13,18H,2,7-10H2,1H3,(H,17,19). The Hall–Kier alpha value is -1.61. The number of nitrogens with zero attached hydrogens (tertiary/aromatic N) is 1. The lowest BCUT2D eigenvalue weighted by Crippen LogP contribution is -2.16. The smallest absolute Gasteiger partial charge is 0.133 e. The van der Waals surface area contributed by atoms with E-state index < -0.39 is 0 Å². The van der Waals surface area contributed by atoms with Gasteiger partial charge in [-0.25, -0.2) is 4.98 Å². The summed E-state index contributed by atoms with van der Waals surface area (Å²) in [6.45, 7) is 4.06. The SMILES string of the molecule is CCCNc1ncc(CNC2CC2)c2ccccc12. The van der Waals surface area contributed by atoms with Crippen molar-refractivity contribution in [3.05, 3.63) is 36.0 Å². The molecule has 3 heteroatoms. The number of hydrogen-bond acceptors (Lipinski definition) is 3. The van der Waals surface area contributed by atoms with Crippen LogP contribution in [-0.4, -0.2) is 17.6 Å². The van der Waals surface area contributed by atoms with Crippen LogP contribution in [-0.2, 0) is 6.54 Å². The molecule has 0 spiro atoms. The van der Waals surface area contributed by atoms with Gasteiger partial charge in [0.2, 0.25) is 0 Å². The maximum atomic E-state index is 4.59. The van der Waals surface area contributed by atoms with Crippen LogP contribution in [0.1, 0.15) is 31.7 Å². The van der Waals surface area contributed by atoms with E-state index in [2.05, 4.69) is 46.8 Å². The van der Waals surface area contributed by atoms with E-state index in [1.165, 1.54) is 29.2 Å². The summed E-state index contributed by atoms with van der Waals surface area (Å²) >= 11 is 0. The number of benzene rings is 1. The van der Waals surface area contributed by atoms with Crippen molar-refractivity contribution in [3.8, 4) is 0 Å². The van der Waals surface area contributed by atoms with E-state index >= 15 is 0 Å². The summed E-state index contributed by atoms with van der Waals surface area (Å²) in [5, 5.41) is 9.51. The Morgan fingerprint density at radius 1 is 1.21 bits per heavy atom. The molecule has 0 atom stereocenters. The Morgan fingerprint density at radius 2 is 2.00 bits per heavy atom. The second-order valence-corrected chi connectivity index (χ2v) is 5.26. The second kappa shape index (κ2) is 5.57. The molecule has 1 saturated carbocycles. The van der Waals surface area contributed by atoms with Gasteiger partial charge in [0.1, 0.15) is 5.82 Å². The first kappa shape index (κ1) is 12.4. The molecule has 1 aromatic carbocycles. The van der Waals surface area contributed by atoms with Crippen LogP contribution < -0.4 is 10.6 Å². The number of anilines is 1. The van der Waals surface area contributed by atoms with E-state index in [1.807, 2.05) is 6.20 Å². The van der Waals surface area contributed by atoms with Crippen molar-refractivity contribution in [3.63, 3.8) is 0 Å². The molecule has 1 heterocycles. The quantitative estimate of drug-likeness (QED) is 0.831. The lowest BCUT2D eigenvalue weighted by Gasteiger charge is -2.12. The van der Waals surface area contributed by atoms with Gasteiger partial charge in [-0.05, 0) is 30.2 Å². The minimum absolute atomic E-state index is 0.733. The summed E-state index contributed by atoms with van der Waals surface area (Å²) in [5.41, 5.74) is 1.30. The molecular formula is C16H21N3. The zero-order valence-electron chi connectivity index (χ0n) is 11.4. The number of pyridine rings is 1. The number of nitrogens with one attached hydrogen (secondary N) is 2. The highest BCUT2D eigenvalue weighted by atomic mass is 15.0. The first-order valence-electron chi connectivity index (χ1n) is 7.22. The van der Waals surface area contributed by atoms with Crippen LogP contribution in [0.5, 0.6) is 0 Å². The monoisotopic (exact) mass is 255 g/mol. The Balaban J connectivity index is 1.90. The molecule has 0 saturated heterocycles. The fourth-order valence-corrected chi connectivity index (χ4v) is 2.32. The molecule has 3 nitrogen and oxygen atoms in total. The molecule has 0 unspecified atom stereocenters. The molecule has 100 valence electrons. The third-order valence-corrected chi connectivity index (χ3v) is 3.58. The molecule has 0 aliphatic heterocycles. The van der Waals surface area contributed by atoms with Gasteiger partial charge in [-0.2, -0.15) is 0 Å². The maximum Gasteiger partial charge on any atom is 0.133 e. The highest BCUT2D eigenvalue weighted by Crippen LogP contribution is 2.25. The summed E-state index contributed by atoms with van der Waals surface area (Å²) in [5.74, 6) is 1.01. The Morgan fingerprint density at radius 3 is 2.74 bits per heavy atom. The van der Waals surface area contributed by atoms with Gasteiger partial charge in [-0.3, -0.25) is 0 Å². The molecule has 2 N–H and O–H groups in total. The number of fused-ring (bicyclic) bond motifs is 1. The Bertz CT molecular complexity index is 561. The van der Waals surface area contributed by atoms with Crippen molar-refractivity contribution in [1.29, 1.82) is 0 Å². The molecule has 19 heavy (non-hydrogen) atoms. The second-order valence-electron chi connectivity index (χ2n) is 5.26. The molecule has 0 amide bonds. The third-order valence-electron chi connectivity index (χ3n) is 3.58. The van der Waals surface area contributed by atoms with Gasteiger partial charge >= 0.3 is 0 Å². The van der Waals surface area contributed by atoms with Gasteiger partial charge in [0, 0.05) is 30.7 Å². The summed E-state index contributed by atoms with van der Waals surface area (Å²) in [4.78, 5) is 4.59. The molecule has 1 fully saturated rings. The molecule has 1 aliphatic rings. The van der Waals surface area contributed by atoms with E-state index in [9.17, 15) is 0 Å². The molecular weight excluding hydrogens is 234 g/mol. The van der Waals surface area contributed by atoms with Crippen molar-refractivity contribution >= 4 is 16.6 Å². The van der Waals surface area contributed by atoms with Gasteiger partial charge in [-0.15, -0.1) is 0 Å². The topological polar surface area (TPSA) is 37.0 Å². The minimum atomic E-state index is 0.733. The van der Waals surface area contributed by atoms with E-state index in [0.717, 1.165) is 31.4 Å². The summed E-state index contributed by atoms with van der Waals surface area (Å²) in [7, 11) is 0. The molecule has 1 aromatic heterocycles. The predicted molar refractivity (Wildman–Crippen MR) is 80.4 cm³/mol. The molecule has 1 aliphatic carbocycles. The average Bonchev–Trinajstić information content (AvgIpc) is 3.27. The highest BCUT2D eigenvalue weighted by molar-refractivity contribution is 5.93.